The van der Waals surface area contributed by atoms with Crippen molar-refractivity contribution in [1.29, 1.82) is 0 Å². The van der Waals surface area contributed by atoms with E-state index in [9.17, 15) is 9.90 Å². The molecule has 0 aliphatic rings. The maximum atomic E-state index is 10.0. The number of benzene rings is 2. The van der Waals surface area contributed by atoms with Crippen LogP contribution in [0.3, 0.4) is 0 Å². The molecule has 0 heterocycles. The third kappa shape index (κ3) is 4.26. The SMILES string of the molecule is CC(C)[C@H](N)C(=O)O.Oc1cccc2ccccc12. The van der Waals surface area contributed by atoms with E-state index in [1.807, 2.05) is 36.4 Å². The molecule has 0 aliphatic carbocycles. The van der Waals surface area contributed by atoms with Crippen molar-refractivity contribution >= 4 is 16.7 Å². The monoisotopic (exact) mass is 261 g/mol. The minimum absolute atomic E-state index is 0.0208. The largest absolute Gasteiger partial charge is 0.507 e. The first-order valence-corrected chi connectivity index (χ1v) is 6.08. The number of aromatic hydroxyl groups is 1. The summed E-state index contributed by atoms with van der Waals surface area (Å²) < 4.78 is 0. The molecule has 0 unspecified atom stereocenters. The van der Waals surface area contributed by atoms with Crippen LogP contribution in [0.1, 0.15) is 13.8 Å². The molecule has 0 spiro atoms. The van der Waals surface area contributed by atoms with Crippen LogP contribution >= 0.6 is 0 Å². The molecule has 2 aromatic carbocycles. The number of rotatable bonds is 2. The molecule has 19 heavy (non-hydrogen) atoms. The Hall–Kier alpha value is -2.07. The van der Waals surface area contributed by atoms with Crippen LogP contribution in [-0.2, 0) is 4.79 Å². The summed E-state index contributed by atoms with van der Waals surface area (Å²) in [7, 11) is 0. The fourth-order valence-corrected chi connectivity index (χ4v) is 1.49. The molecule has 0 bridgehead atoms. The number of fused-ring (bicyclic) bond motifs is 1. The molecule has 2 rings (SSSR count). The van der Waals surface area contributed by atoms with Crippen LogP contribution in [-0.4, -0.2) is 22.2 Å². The van der Waals surface area contributed by atoms with Gasteiger partial charge in [-0.1, -0.05) is 50.2 Å². The number of carboxylic acid groups (broad SMARTS) is 1. The lowest BCUT2D eigenvalue weighted by atomic mass is 10.1. The predicted molar refractivity (Wildman–Crippen MR) is 76.1 cm³/mol. The zero-order chi connectivity index (χ0) is 14.4. The van der Waals surface area contributed by atoms with E-state index >= 15 is 0 Å². The quantitative estimate of drug-likeness (QED) is 0.776. The highest BCUT2D eigenvalue weighted by atomic mass is 16.4. The molecule has 0 saturated carbocycles. The third-order valence-electron chi connectivity index (χ3n) is 2.77. The van der Waals surface area contributed by atoms with E-state index in [1.54, 1.807) is 19.9 Å². The first-order valence-electron chi connectivity index (χ1n) is 6.08. The molecule has 0 aliphatic heterocycles. The standard InChI is InChI=1S/C10H8O.C5H11NO2/c11-10-7-3-5-8-4-1-2-6-9(8)10;1-3(2)4(6)5(7)8/h1-7,11H;3-4H,6H2,1-2H3,(H,7,8)/t;4-/m.0/s1. The van der Waals surface area contributed by atoms with Gasteiger partial charge in [-0.3, -0.25) is 4.79 Å². The topological polar surface area (TPSA) is 83.6 Å². The number of nitrogens with two attached hydrogens (primary N) is 1. The Bertz CT molecular complexity index is 547. The van der Waals surface area contributed by atoms with Gasteiger partial charge in [0.25, 0.3) is 0 Å². The molecular weight excluding hydrogens is 242 g/mol. The Morgan fingerprint density at radius 2 is 1.68 bits per heavy atom. The molecule has 1 atom stereocenters. The first-order chi connectivity index (χ1) is 8.93. The zero-order valence-corrected chi connectivity index (χ0v) is 11.1. The van der Waals surface area contributed by atoms with Crippen molar-refractivity contribution in [2.75, 3.05) is 0 Å². The highest BCUT2D eigenvalue weighted by molar-refractivity contribution is 5.87. The first kappa shape index (κ1) is 15.0. The number of hydrogen-bond donors (Lipinski definition) is 3. The molecule has 0 aromatic heterocycles. The second-order valence-corrected chi connectivity index (χ2v) is 4.61. The molecule has 102 valence electrons. The van der Waals surface area contributed by atoms with Gasteiger partial charge >= 0.3 is 5.97 Å². The number of hydrogen-bond acceptors (Lipinski definition) is 3. The summed E-state index contributed by atoms with van der Waals surface area (Å²) in [6.45, 7) is 3.55. The van der Waals surface area contributed by atoms with Crippen molar-refractivity contribution in [3.63, 3.8) is 0 Å². The maximum absolute atomic E-state index is 10.0. The van der Waals surface area contributed by atoms with Crippen molar-refractivity contribution < 1.29 is 15.0 Å². The number of aliphatic carboxylic acids is 1. The van der Waals surface area contributed by atoms with Crippen LogP contribution in [0, 0.1) is 5.92 Å². The summed E-state index contributed by atoms with van der Waals surface area (Å²) in [6, 6.07) is 12.6. The van der Waals surface area contributed by atoms with Gasteiger partial charge in [0.1, 0.15) is 11.8 Å². The summed E-state index contributed by atoms with van der Waals surface area (Å²) in [4.78, 5) is 10.0. The summed E-state index contributed by atoms with van der Waals surface area (Å²) in [5.41, 5.74) is 5.16. The van der Waals surface area contributed by atoms with Gasteiger partial charge in [-0.2, -0.15) is 0 Å². The zero-order valence-electron chi connectivity index (χ0n) is 11.1. The highest BCUT2D eigenvalue weighted by Crippen LogP contribution is 2.22. The number of carboxylic acids is 1. The van der Waals surface area contributed by atoms with Crippen LogP contribution in [0.15, 0.2) is 42.5 Å². The second-order valence-electron chi connectivity index (χ2n) is 4.61. The van der Waals surface area contributed by atoms with E-state index in [4.69, 9.17) is 10.8 Å². The minimum Gasteiger partial charge on any atom is -0.507 e. The summed E-state index contributed by atoms with van der Waals surface area (Å²) >= 11 is 0. The van der Waals surface area contributed by atoms with Gasteiger partial charge < -0.3 is 15.9 Å². The van der Waals surface area contributed by atoms with Crippen molar-refractivity contribution in [1.82, 2.24) is 0 Å². The van der Waals surface area contributed by atoms with E-state index < -0.39 is 12.0 Å². The van der Waals surface area contributed by atoms with Gasteiger partial charge in [0.2, 0.25) is 0 Å². The smallest absolute Gasteiger partial charge is 0.320 e. The van der Waals surface area contributed by atoms with Crippen LogP contribution in [0.2, 0.25) is 0 Å². The molecule has 4 heteroatoms. The molecule has 4 nitrogen and oxygen atoms in total. The molecule has 0 radical (unpaired) electrons. The lowest BCUT2D eigenvalue weighted by Gasteiger charge is -2.07. The van der Waals surface area contributed by atoms with E-state index in [-0.39, 0.29) is 5.92 Å². The molecule has 0 saturated heterocycles. The normalized spacial score (nSPS) is 11.8. The predicted octanol–water partition coefficient (Wildman–Crippen LogP) is 2.60. The molecule has 4 N–H and O–H groups in total. The fourth-order valence-electron chi connectivity index (χ4n) is 1.49. The van der Waals surface area contributed by atoms with Crippen molar-refractivity contribution in [3.05, 3.63) is 42.5 Å². The number of carbonyl (C=O) groups is 1. The summed E-state index contributed by atoms with van der Waals surface area (Å²) in [5.74, 6) is -0.560. The summed E-state index contributed by atoms with van der Waals surface area (Å²) in [6.07, 6.45) is 0. The van der Waals surface area contributed by atoms with E-state index in [1.165, 1.54) is 0 Å². The van der Waals surface area contributed by atoms with Gasteiger partial charge in [0.15, 0.2) is 0 Å². The molecule has 0 fully saturated rings. The van der Waals surface area contributed by atoms with Crippen molar-refractivity contribution in [3.8, 4) is 5.75 Å². The number of phenols is 1. The minimum atomic E-state index is -0.931. The average molecular weight is 261 g/mol. The Labute approximate surface area is 112 Å². The maximum Gasteiger partial charge on any atom is 0.320 e. The lowest BCUT2D eigenvalue weighted by molar-refractivity contribution is -0.139. The fraction of sp³-hybridized carbons (Fsp3) is 0.267. The lowest BCUT2D eigenvalue weighted by Crippen LogP contribution is -2.34. The third-order valence-corrected chi connectivity index (χ3v) is 2.77. The van der Waals surface area contributed by atoms with E-state index in [2.05, 4.69) is 0 Å². The Kier molecular flexibility index (Phi) is 5.33. The van der Waals surface area contributed by atoms with Crippen LogP contribution < -0.4 is 5.73 Å². The Balaban J connectivity index is 0.000000203. The second kappa shape index (κ2) is 6.75. The summed E-state index contributed by atoms with van der Waals surface area (Å²) in [5, 5.41) is 19.6. The van der Waals surface area contributed by atoms with Crippen LogP contribution in [0.4, 0.5) is 0 Å². The Morgan fingerprint density at radius 1 is 1.11 bits per heavy atom. The van der Waals surface area contributed by atoms with Crippen molar-refractivity contribution in [2.45, 2.75) is 19.9 Å². The average Bonchev–Trinajstić information content (AvgIpc) is 2.39. The van der Waals surface area contributed by atoms with Gasteiger partial charge in [0, 0.05) is 5.39 Å². The van der Waals surface area contributed by atoms with Gasteiger partial charge in [-0.05, 0) is 17.4 Å². The van der Waals surface area contributed by atoms with Crippen LogP contribution in [0.5, 0.6) is 5.75 Å². The van der Waals surface area contributed by atoms with Gasteiger partial charge in [0.05, 0.1) is 0 Å². The van der Waals surface area contributed by atoms with E-state index in [0.29, 0.717) is 5.75 Å². The molecule has 0 amide bonds. The molecule has 2 aromatic rings. The van der Waals surface area contributed by atoms with Gasteiger partial charge in [-0.25, -0.2) is 0 Å². The Morgan fingerprint density at radius 3 is 2.16 bits per heavy atom. The van der Waals surface area contributed by atoms with Gasteiger partial charge in [-0.15, -0.1) is 0 Å². The molecular formula is C15H19NO3. The highest BCUT2D eigenvalue weighted by Gasteiger charge is 2.14. The van der Waals surface area contributed by atoms with Crippen LogP contribution in [0.25, 0.3) is 10.8 Å². The van der Waals surface area contributed by atoms with E-state index in [0.717, 1.165) is 10.8 Å². The van der Waals surface area contributed by atoms with Crippen molar-refractivity contribution in [2.24, 2.45) is 11.7 Å². The number of phenolic OH excluding ortho intramolecular Hbond substituents is 1.